The Balaban J connectivity index is 2.04. The van der Waals surface area contributed by atoms with Crippen molar-refractivity contribution in [3.05, 3.63) is 49.6 Å². The fourth-order valence-electron chi connectivity index (χ4n) is 1.89. The van der Waals surface area contributed by atoms with Gasteiger partial charge >= 0.3 is 5.97 Å². The number of benzene rings is 1. The zero-order chi connectivity index (χ0) is 15.0. The normalized spacial score (nSPS) is 12.5. The van der Waals surface area contributed by atoms with Crippen LogP contribution in [0.4, 0.5) is 0 Å². The molecule has 6 nitrogen and oxygen atoms in total. The highest BCUT2D eigenvalue weighted by molar-refractivity contribution is 7.73. The van der Waals surface area contributed by atoms with Gasteiger partial charge in [0, 0.05) is 6.08 Å². The van der Waals surface area contributed by atoms with Crippen LogP contribution < -0.4 is 10.7 Å². The number of aliphatic carboxylic acids is 1. The standard InChI is InChI=1S/C13H9N3O3S2/c17-11(18)6-16-12(19)9(21-13(16)20)5-10-14-7-3-1-2-4-8(7)15-10/h1-5,19H,6H2,(H,17,18). The van der Waals surface area contributed by atoms with Gasteiger partial charge in [0.15, 0.2) is 9.78 Å². The van der Waals surface area contributed by atoms with Gasteiger partial charge in [-0.3, -0.25) is 9.36 Å². The number of carboxylic acids is 1. The minimum Gasteiger partial charge on any atom is -0.493 e. The van der Waals surface area contributed by atoms with E-state index >= 15 is 0 Å². The molecule has 0 atom stereocenters. The molecule has 2 heterocycles. The Bertz CT molecular complexity index is 903. The summed E-state index contributed by atoms with van der Waals surface area (Å²) in [6.07, 6.45) is 1.59. The first-order valence-electron chi connectivity index (χ1n) is 5.93. The van der Waals surface area contributed by atoms with Crippen LogP contribution in [0.5, 0.6) is 5.88 Å². The number of para-hydroxylation sites is 2. The van der Waals surface area contributed by atoms with Crippen LogP contribution in [0.25, 0.3) is 6.08 Å². The fourth-order valence-corrected chi connectivity index (χ4v) is 3.13. The second-order valence-corrected chi connectivity index (χ2v) is 5.93. The quantitative estimate of drug-likeness (QED) is 0.835. The van der Waals surface area contributed by atoms with Crippen LogP contribution in [0, 0.1) is 3.95 Å². The van der Waals surface area contributed by atoms with Crippen molar-refractivity contribution in [1.29, 1.82) is 0 Å². The lowest BCUT2D eigenvalue weighted by molar-refractivity contribution is -0.137. The molecule has 1 aliphatic rings. The van der Waals surface area contributed by atoms with Crippen LogP contribution in [0.15, 0.2) is 40.1 Å². The van der Waals surface area contributed by atoms with Gasteiger partial charge in [-0.2, -0.15) is 0 Å². The predicted molar refractivity (Wildman–Crippen MR) is 79.2 cm³/mol. The van der Waals surface area contributed by atoms with E-state index in [1.807, 2.05) is 24.3 Å². The Hall–Kier alpha value is -2.32. The van der Waals surface area contributed by atoms with Gasteiger partial charge in [0.05, 0.1) is 15.6 Å². The molecule has 0 unspecified atom stereocenters. The molecule has 0 radical (unpaired) electrons. The molecule has 0 aliphatic carbocycles. The van der Waals surface area contributed by atoms with Crippen LogP contribution in [0.2, 0.25) is 0 Å². The van der Waals surface area contributed by atoms with Crippen LogP contribution in [0.1, 0.15) is 4.88 Å². The Kier molecular flexibility index (Phi) is 3.40. The first-order chi connectivity index (χ1) is 10.0. The van der Waals surface area contributed by atoms with Crippen molar-refractivity contribution in [3.63, 3.8) is 0 Å². The van der Waals surface area contributed by atoms with Gasteiger partial charge in [-0.05, 0) is 24.4 Å². The fraction of sp³-hybridized carbons (Fsp3) is 0.0769. The van der Waals surface area contributed by atoms with Crippen molar-refractivity contribution < 1.29 is 15.0 Å². The summed E-state index contributed by atoms with van der Waals surface area (Å²) in [7, 11) is 0. The van der Waals surface area contributed by atoms with E-state index in [2.05, 4.69) is 9.98 Å². The number of carboxylic acid groups (broad SMARTS) is 1. The lowest BCUT2D eigenvalue weighted by atomic mass is 10.3. The third-order valence-corrected chi connectivity index (χ3v) is 4.18. The van der Waals surface area contributed by atoms with Crippen molar-refractivity contribution in [2.24, 2.45) is 9.98 Å². The molecule has 3 rings (SSSR count). The number of carbonyl (C=O) groups is 1. The molecule has 0 saturated carbocycles. The predicted octanol–water partition coefficient (Wildman–Crippen LogP) is 1.32. The molecule has 1 aromatic heterocycles. The first-order valence-corrected chi connectivity index (χ1v) is 7.15. The maximum atomic E-state index is 10.7. The maximum absolute atomic E-state index is 10.7. The van der Waals surface area contributed by atoms with Crippen molar-refractivity contribution in [2.75, 3.05) is 0 Å². The third kappa shape index (κ3) is 2.63. The molecule has 0 bridgehead atoms. The van der Waals surface area contributed by atoms with E-state index in [1.54, 1.807) is 6.08 Å². The Morgan fingerprint density at radius 2 is 1.95 bits per heavy atom. The highest BCUT2D eigenvalue weighted by Gasteiger charge is 2.14. The number of rotatable bonds is 3. The largest absolute Gasteiger partial charge is 0.493 e. The van der Waals surface area contributed by atoms with Crippen molar-refractivity contribution in [3.8, 4) is 5.88 Å². The van der Waals surface area contributed by atoms with Gasteiger partial charge in [-0.1, -0.05) is 12.1 Å². The molecule has 8 heteroatoms. The van der Waals surface area contributed by atoms with Crippen molar-refractivity contribution in [1.82, 2.24) is 4.57 Å². The lowest BCUT2D eigenvalue weighted by Gasteiger charge is -1.99. The summed E-state index contributed by atoms with van der Waals surface area (Å²) in [6.45, 7) is -0.376. The number of fused-ring (bicyclic) bond motifs is 1. The van der Waals surface area contributed by atoms with E-state index in [0.717, 1.165) is 26.6 Å². The summed E-state index contributed by atoms with van der Waals surface area (Å²) in [5.74, 6) is -0.799. The molecule has 1 aliphatic heterocycles. The van der Waals surface area contributed by atoms with E-state index in [-0.39, 0.29) is 16.4 Å². The number of thiazole rings is 1. The average molecular weight is 319 g/mol. The maximum Gasteiger partial charge on any atom is 0.323 e. The second-order valence-electron chi connectivity index (χ2n) is 4.25. The number of hydrogen-bond acceptors (Lipinski definition) is 6. The van der Waals surface area contributed by atoms with Gasteiger partial charge in [0.1, 0.15) is 6.54 Å². The van der Waals surface area contributed by atoms with E-state index in [0.29, 0.717) is 10.7 Å². The minimum atomic E-state index is -1.07. The van der Waals surface area contributed by atoms with Gasteiger partial charge in [-0.15, -0.1) is 11.3 Å². The van der Waals surface area contributed by atoms with Crippen LogP contribution in [-0.4, -0.2) is 20.7 Å². The van der Waals surface area contributed by atoms with Crippen molar-refractivity contribution >= 4 is 35.6 Å². The topological polar surface area (TPSA) is 87.2 Å². The van der Waals surface area contributed by atoms with Crippen LogP contribution in [-0.2, 0) is 11.3 Å². The lowest BCUT2D eigenvalue weighted by Crippen LogP contribution is -2.19. The number of hydrogen-bond donors (Lipinski definition) is 2. The van der Waals surface area contributed by atoms with Crippen molar-refractivity contribution in [2.45, 2.75) is 6.54 Å². The second kappa shape index (κ2) is 5.23. The smallest absolute Gasteiger partial charge is 0.323 e. The van der Waals surface area contributed by atoms with Gasteiger partial charge in [-0.25, -0.2) is 9.98 Å². The highest BCUT2D eigenvalue weighted by Crippen LogP contribution is 2.28. The monoisotopic (exact) mass is 319 g/mol. The minimum absolute atomic E-state index is 0.179. The zero-order valence-corrected chi connectivity index (χ0v) is 12.2. The molecule has 0 saturated heterocycles. The molecule has 0 amide bonds. The molecule has 2 N–H and O–H groups in total. The molecule has 106 valence electrons. The number of nitrogens with zero attached hydrogens (tertiary/aromatic N) is 3. The molecule has 2 aromatic rings. The number of aromatic nitrogens is 1. The van der Waals surface area contributed by atoms with Gasteiger partial charge < -0.3 is 10.2 Å². The molecule has 21 heavy (non-hydrogen) atoms. The Labute approximate surface area is 127 Å². The zero-order valence-electron chi connectivity index (χ0n) is 10.6. The van der Waals surface area contributed by atoms with Crippen LogP contribution >= 0.6 is 23.6 Å². The highest BCUT2D eigenvalue weighted by atomic mass is 32.1. The van der Waals surface area contributed by atoms with Gasteiger partial charge in [0.25, 0.3) is 0 Å². The average Bonchev–Trinajstić information content (AvgIpc) is 2.94. The third-order valence-electron chi connectivity index (χ3n) is 2.80. The summed E-state index contributed by atoms with van der Waals surface area (Å²) >= 11 is 6.17. The molecule has 0 spiro atoms. The summed E-state index contributed by atoms with van der Waals surface area (Å²) in [4.78, 5) is 19.8. The van der Waals surface area contributed by atoms with E-state index in [4.69, 9.17) is 17.3 Å². The number of aromatic hydroxyl groups is 1. The first kappa shape index (κ1) is 13.7. The molecule has 0 fully saturated rings. The Morgan fingerprint density at radius 1 is 1.33 bits per heavy atom. The van der Waals surface area contributed by atoms with E-state index in [9.17, 15) is 9.90 Å². The summed E-state index contributed by atoms with van der Waals surface area (Å²) < 4.78 is 1.45. The molecule has 1 aromatic carbocycles. The van der Waals surface area contributed by atoms with Crippen LogP contribution in [0.3, 0.4) is 0 Å². The Morgan fingerprint density at radius 3 is 2.52 bits per heavy atom. The SMILES string of the molecule is O=C(O)Cn1c(O)c(C=C2N=c3ccccc3=N2)sc1=S. The van der Waals surface area contributed by atoms with Gasteiger partial charge in [0.2, 0.25) is 5.88 Å². The van der Waals surface area contributed by atoms with E-state index < -0.39 is 5.97 Å². The molecular formula is C13H9N3O3S2. The summed E-state index contributed by atoms with van der Waals surface area (Å²) in [5, 5.41) is 20.4. The summed E-state index contributed by atoms with van der Waals surface area (Å²) in [6, 6.07) is 7.42. The van der Waals surface area contributed by atoms with E-state index in [1.165, 1.54) is 0 Å². The summed E-state index contributed by atoms with van der Waals surface area (Å²) in [5.41, 5.74) is 0. The molecular weight excluding hydrogens is 310 g/mol.